The molecule has 2 heterocycles. The number of anilines is 3. The number of carbonyl (C=O) groups excluding carboxylic acids is 3. The smallest absolute Gasteiger partial charge is 0.333 e. The highest BCUT2D eigenvalue weighted by Gasteiger charge is 2.34. The molecule has 1 aliphatic heterocycles. The van der Waals surface area contributed by atoms with Crippen LogP contribution in [0.4, 0.5) is 26.2 Å². The van der Waals surface area contributed by atoms with E-state index in [0.717, 1.165) is 32.9 Å². The molecule has 0 bridgehead atoms. The van der Waals surface area contributed by atoms with E-state index in [9.17, 15) is 27.2 Å². The summed E-state index contributed by atoms with van der Waals surface area (Å²) in [6.07, 6.45) is 0.575. The van der Waals surface area contributed by atoms with Gasteiger partial charge < -0.3 is 10.6 Å². The molecule has 36 heavy (non-hydrogen) atoms. The zero-order valence-electron chi connectivity index (χ0n) is 19.4. The van der Waals surface area contributed by atoms with Crippen molar-refractivity contribution < 1.29 is 27.2 Å². The highest BCUT2D eigenvalue weighted by Crippen LogP contribution is 2.30. The van der Waals surface area contributed by atoms with E-state index in [-0.39, 0.29) is 22.0 Å². The number of nitrogens with one attached hydrogen (secondary N) is 3. The third-order valence-electron chi connectivity index (χ3n) is 5.43. The SMILES string of the molecule is CCNc1ccc2c(c1)CC(=O)N(c1ccc(NC(=O)NS(=O)(=O)c3ccc(CC)s3)cc1F)C2=O. The van der Waals surface area contributed by atoms with Gasteiger partial charge in [0.25, 0.3) is 15.9 Å². The van der Waals surface area contributed by atoms with Crippen LogP contribution in [0, 0.1) is 5.82 Å². The fraction of sp³-hybridized carbons (Fsp3) is 0.208. The molecule has 0 fully saturated rings. The number of hydrogen-bond acceptors (Lipinski definition) is 7. The Morgan fingerprint density at radius 3 is 2.47 bits per heavy atom. The molecule has 1 aromatic heterocycles. The van der Waals surface area contributed by atoms with Gasteiger partial charge in [0.2, 0.25) is 5.91 Å². The van der Waals surface area contributed by atoms with Crippen molar-refractivity contribution >= 4 is 56.3 Å². The molecule has 4 rings (SSSR count). The number of rotatable bonds is 7. The summed E-state index contributed by atoms with van der Waals surface area (Å²) < 4.78 is 41.6. The standard InChI is InChI=1S/C24H23FN4O5S2/c1-3-17-7-10-22(35-17)36(33,34)28-24(32)27-16-6-9-20(19(25)13-16)29-21(30)12-14-11-15(26-4-2)5-8-18(14)23(29)31/h5-11,13,26H,3-4,12H2,1-2H3,(H2,27,28,32). The minimum atomic E-state index is -4.09. The second-order valence-electron chi connectivity index (χ2n) is 7.91. The maximum Gasteiger partial charge on any atom is 0.333 e. The largest absolute Gasteiger partial charge is 0.385 e. The molecule has 12 heteroatoms. The molecule has 3 N–H and O–H groups in total. The summed E-state index contributed by atoms with van der Waals surface area (Å²) >= 11 is 1.04. The maximum absolute atomic E-state index is 15.0. The van der Waals surface area contributed by atoms with Gasteiger partial charge in [-0.3, -0.25) is 9.59 Å². The second-order valence-corrected chi connectivity index (χ2v) is 11.0. The van der Waals surface area contributed by atoms with E-state index >= 15 is 0 Å². The Hall–Kier alpha value is -3.77. The molecule has 1 aliphatic rings. The topological polar surface area (TPSA) is 125 Å². The fourth-order valence-electron chi connectivity index (χ4n) is 3.77. The van der Waals surface area contributed by atoms with E-state index in [2.05, 4.69) is 10.6 Å². The van der Waals surface area contributed by atoms with Gasteiger partial charge in [0, 0.05) is 28.4 Å². The Kier molecular flexibility index (Phi) is 7.09. The molecule has 0 saturated heterocycles. The molecule has 0 radical (unpaired) electrons. The minimum Gasteiger partial charge on any atom is -0.385 e. The van der Waals surface area contributed by atoms with Crippen LogP contribution in [0.2, 0.25) is 0 Å². The van der Waals surface area contributed by atoms with E-state index in [1.165, 1.54) is 18.2 Å². The molecule has 0 unspecified atom stereocenters. The lowest BCUT2D eigenvalue weighted by molar-refractivity contribution is -0.117. The quantitative estimate of drug-likeness (QED) is 0.395. The zero-order chi connectivity index (χ0) is 26.0. The summed E-state index contributed by atoms with van der Waals surface area (Å²) in [5.41, 5.74) is 1.29. The first kappa shape index (κ1) is 25.3. The lowest BCUT2D eigenvalue weighted by Gasteiger charge is -2.27. The summed E-state index contributed by atoms with van der Waals surface area (Å²) in [6, 6.07) is 10.4. The Morgan fingerprint density at radius 2 is 1.81 bits per heavy atom. The molecular formula is C24H23FN4O5S2. The third-order valence-corrected chi connectivity index (χ3v) is 8.49. The number of fused-ring (bicyclic) bond motifs is 1. The van der Waals surface area contributed by atoms with Crippen LogP contribution in [0.25, 0.3) is 0 Å². The summed E-state index contributed by atoms with van der Waals surface area (Å²) in [5.74, 6) is -2.18. The predicted molar refractivity (Wildman–Crippen MR) is 136 cm³/mol. The Balaban J connectivity index is 1.50. The second kappa shape index (κ2) is 10.1. The molecule has 0 atom stereocenters. The number of nitrogens with zero attached hydrogens (tertiary/aromatic N) is 1. The maximum atomic E-state index is 15.0. The molecule has 0 aliphatic carbocycles. The van der Waals surface area contributed by atoms with Crippen LogP contribution < -0.4 is 20.3 Å². The summed E-state index contributed by atoms with van der Waals surface area (Å²) in [6.45, 7) is 4.48. The first-order chi connectivity index (χ1) is 17.1. The number of carbonyl (C=O) groups is 3. The van der Waals surface area contributed by atoms with E-state index < -0.39 is 33.7 Å². The fourth-order valence-corrected chi connectivity index (χ4v) is 5.97. The highest BCUT2D eigenvalue weighted by atomic mass is 32.2. The van der Waals surface area contributed by atoms with Gasteiger partial charge in [-0.1, -0.05) is 6.92 Å². The monoisotopic (exact) mass is 530 g/mol. The van der Waals surface area contributed by atoms with Crippen LogP contribution in [0.5, 0.6) is 0 Å². The number of sulfonamides is 1. The van der Waals surface area contributed by atoms with E-state index in [1.807, 2.05) is 18.6 Å². The predicted octanol–water partition coefficient (Wildman–Crippen LogP) is 4.12. The summed E-state index contributed by atoms with van der Waals surface area (Å²) in [4.78, 5) is 39.6. The molecule has 9 nitrogen and oxygen atoms in total. The Bertz CT molecular complexity index is 1470. The first-order valence-corrected chi connectivity index (χ1v) is 13.4. The number of thiophene rings is 1. The number of amides is 4. The number of imide groups is 1. The number of hydrogen-bond donors (Lipinski definition) is 3. The normalized spacial score (nSPS) is 13.4. The van der Waals surface area contributed by atoms with E-state index in [4.69, 9.17) is 0 Å². The van der Waals surface area contributed by atoms with Crippen LogP contribution >= 0.6 is 11.3 Å². The zero-order valence-corrected chi connectivity index (χ0v) is 21.1. The van der Waals surface area contributed by atoms with Crippen molar-refractivity contribution in [3.05, 3.63) is 70.4 Å². The van der Waals surface area contributed by atoms with Crippen molar-refractivity contribution in [2.24, 2.45) is 0 Å². The lowest BCUT2D eigenvalue weighted by Crippen LogP contribution is -2.43. The average Bonchev–Trinajstić information content (AvgIpc) is 3.31. The van der Waals surface area contributed by atoms with Gasteiger partial charge in [-0.15, -0.1) is 11.3 Å². The molecule has 4 amide bonds. The lowest BCUT2D eigenvalue weighted by atomic mass is 9.97. The molecule has 0 spiro atoms. The van der Waals surface area contributed by atoms with Gasteiger partial charge in [0.05, 0.1) is 12.1 Å². The van der Waals surface area contributed by atoms with Gasteiger partial charge >= 0.3 is 6.03 Å². The number of urea groups is 1. The first-order valence-electron chi connectivity index (χ1n) is 11.1. The van der Waals surface area contributed by atoms with Gasteiger partial charge in [-0.25, -0.2) is 27.2 Å². The van der Waals surface area contributed by atoms with Crippen molar-refractivity contribution in [2.45, 2.75) is 30.9 Å². The van der Waals surface area contributed by atoms with Gasteiger partial charge in [0.1, 0.15) is 10.0 Å². The number of benzene rings is 2. The van der Waals surface area contributed by atoms with Crippen molar-refractivity contribution in [1.29, 1.82) is 0 Å². The minimum absolute atomic E-state index is 0.0176. The van der Waals surface area contributed by atoms with Crippen LogP contribution in [0.1, 0.15) is 34.6 Å². The highest BCUT2D eigenvalue weighted by molar-refractivity contribution is 7.92. The molecule has 3 aromatic rings. The summed E-state index contributed by atoms with van der Waals surface area (Å²) in [5, 5.41) is 5.37. The Morgan fingerprint density at radius 1 is 1.06 bits per heavy atom. The number of aryl methyl sites for hydroxylation is 1. The van der Waals surface area contributed by atoms with Crippen LogP contribution in [0.15, 0.2) is 52.7 Å². The summed E-state index contributed by atoms with van der Waals surface area (Å²) in [7, 11) is -4.09. The number of halogens is 1. The van der Waals surface area contributed by atoms with Gasteiger partial charge in [-0.05, 0) is 67.4 Å². The van der Waals surface area contributed by atoms with Crippen molar-refractivity contribution in [3.63, 3.8) is 0 Å². The van der Waals surface area contributed by atoms with Gasteiger partial charge in [0.15, 0.2) is 0 Å². The van der Waals surface area contributed by atoms with Crippen LogP contribution in [-0.2, 0) is 27.7 Å². The Labute approximate surface area is 211 Å². The van der Waals surface area contributed by atoms with Crippen molar-refractivity contribution in [3.8, 4) is 0 Å². The molecular weight excluding hydrogens is 507 g/mol. The van der Waals surface area contributed by atoms with E-state index in [0.29, 0.717) is 24.1 Å². The van der Waals surface area contributed by atoms with Crippen molar-refractivity contribution in [2.75, 3.05) is 22.1 Å². The van der Waals surface area contributed by atoms with Crippen LogP contribution in [0.3, 0.4) is 0 Å². The van der Waals surface area contributed by atoms with Crippen molar-refractivity contribution in [1.82, 2.24) is 4.72 Å². The molecule has 0 saturated carbocycles. The average molecular weight is 531 g/mol. The molecule has 2 aromatic carbocycles. The van der Waals surface area contributed by atoms with Crippen LogP contribution in [-0.4, -0.2) is 32.8 Å². The molecule has 188 valence electrons. The third kappa shape index (κ3) is 5.09. The van der Waals surface area contributed by atoms with E-state index in [1.54, 1.807) is 24.3 Å². The van der Waals surface area contributed by atoms with Gasteiger partial charge in [-0.2, -0.15) is 0 Å².